The lowest BCUT2D eigenvalue weighted by atomic mass is 9.94. The number of nitrogens with zero attached hydrogens (tertiary/aromatic N) is 1. The van der Waals surface area contributed by atoms with Gasteiger partial charge in [-0.3, -0.25) is 0 Å². The molecule has 19 heavy (non-hydrogen) atoms. The van der Waals surface area contributed by atoms with E-state index in [0.717, 1.165) is 8.66 Å². The summed E-state index contributed by atoms with van der Waals surface area (Å²) in [4.78, 5) is 1.19. The molecular formula is C12H21BrN2O2S2. The number of aryl methyl sites for hydroxylation is 1. The number of nitrogens with two attached hydrogens (primary N) is 1. The molecule has 0 radical (unpaired) electrons. The van der Waals surface area contributed by atoms with Crippen LogP contribution in [0, 0.1) is 12.3 Å². The van der Waals surface area contributed by atoms with Crippen molar-refractivity contribution >= 4 is 37.3 Å². The van der Waals surface area contributed by atoms with Gasteiger partial charge in [0.15, 0.2) is 0 Å². The number of hydrogen-bond donors (Lipinski definition) is 1. The largest absolute Gasteiger partial charge is 0.330 e. The van der Waals surface area contributed by atoms with Crippen LogP contribution < -0.4 is 5.73 Å². The van der Waals surface area contributed by atoms with E-state index >= 15 is 0 Å². The Morgan fingerprint density at radius 3 is 2.42 bits per heavy atom. The highest BCUT2D eigenvalue weighted by Gasteiger charge is 2.30. The number of thiophene rings is 1. The van der Waals surface area contributed by atoms with Gasteiger partial charge in [-0.25, -0.2) is 8.42 Å². The van der Waals surface area contributed by atoms with Crippen LogP contribution in [-0.4, -0.2) is 32.4 Å². The van der Waals surface area contributed by atoms with E-state index in [1.807, 2.05) is 27.7 Å². The van der Waals surface area contributed by atoms with Crippen molar-refractivity contribution in [1.82, 2.24) is 4.31 Å². The Balaban J connectivity index is 3.13. The second-order valence-corrected chi connectivity index (χ2v) is 9.81. The Morgan fingerprint density at radius 1 is 1.47 bits per heavy atom. The number of rotatable bonds is 6. The van der Waals surface area contributed by atoms with Gasteiger partial charge < -0.3 is 5.73 Å². The van der Waals surface area contributed by atoms with Crippen molar-refractivity contribution in [2.45, 2.75) is 32.6 Å². The molecule has 0 spiro atoms. The van der Waals surface area contributed by atoms with E-state index in [1.54, 1.807) is 6.07 Å². The smallest absolute Gasteiger partial charge is 0.244 e. The SMILES string of the molecule is CCN(CC(C)(C)CN)S(=O)(=O)c1cc(Br)sc1C. The molecule has 1 aromatic heterocycles. The Kier molecular flexibility index (Phi) is 5.60. The van der Waals surface area contributed by atoms with Gasteiger partial charge in [-0.2, -0.15) is 4.31 Å². The minimum Gasteiger partial charge on any atom is -0.330 e. The first-order valence-corrected chi connectivity index (χ1v) is 9.15. The van der Waals surface area contributed by atoms with Crippen LogP contribution in [0.25, 0.3) is 0 Å². The molecule has 0 aromatic carbocycles. The first-order chi connectivity index (χ1) is 8.64. The van der Waals surface area contributed by atoms with E-state index in [1.165, 1.54) is 15.6 Å². The Bertz CT molecular complexity index is 538. The summed E-state index contributed by atoms with van der Waals surface area (Å²) in [5.74, 6) is 0. The lowest BCUT2D eigenvalue weighted by molar-refractivity contribution is 0.273. The van der Waals surface area contributed by atoms with E-state index < -0.39 is 10.0 Å². The first kappa shape index (κ1) is 17.1. The second-order valence-electron chi connectivity index (χ2n) is 5.27. The molecule has 110 valence electrons. The highest BCUT2D eigenvalue weighted by Crippen LogP contribution is 2.32. The van der Waals surface area contributed by atoms with Crippen LogP contribution in [0.15, 0.2) is 14.7 Å². The van der Waals surface area contributed by atoms with Gasteiger partial charge in [-0.15, -0.1) is 11.3 Å². The zero-order valence-corrected chi connectivity index (χ0v) is 15.0. The van der Waals surface area contributed by atoms with Gasteiger partial charge in [0.25, 0.3) is 0 Å². The summed E-state index contributed by atoms with van der Waals surface area (Å²) >= 11 is 4.77. The standard InChI is InChI=1S/C12H21BrN2O2S2/c1-5-15(8-12(3,4)7-14)19(16,17)10-6-11(13)18-9(10)2/h6H,5,7-8,14H2,1-4H3. The van der Waals surface area contributed by atoms with E-state index in [4.69, 9.17) is 5.73 Å². The van der Waals surface area contributed by atoms with Crippen LogP contribution in [-0.2, 0) is 10.0 Å². The molecule has 0 unspecified atom stereocenters. The summed E-state index contributed by atoms with van der Waals surface area (Å²) in [5, 5.41) is 0. The van der Waals surface area contributed by atoms with Crippen molar-refractivity contribution in [3.63, 3.8) is 0 Å². The monoisotopic (exact) mass is 368 g/mol. The first-order valence-electron chi connectivity index (χ1n) is 6.10. The van der Waals surface area contributed by atoms with Gasteiger partial charge in [0.1, 0.15) is 0 Å². The van der Waals surface area contributed by atoms with Gasteiger partial charge in [-0.05, 0) is 40.9 Å². The summed E-state index contributed by atoms with van der Waals surface area (Å²) in [6, 6.07) is 1.67. The zero-order chi connectivity index (χ0) is 14.8. The Hall–Kier alpha value is 0.0500. The normalized spacial score (nSPS) is 13.2. The third-order valence-corrected chi connectivity index (χ3v) is 6.70. The molecule has 7 heteroatoms. The summed E-state index contributed by atoms with van der Waals surface area (Å²) in [7, 11) is -3.45. The minimum atomic E-state index is -3.45. The van der Waals surface area contributed by atoms with Gasteiger partial charge in [-0.1, -0.05) is 20.8 Å². The Labute approximate surface area is 128 Å². The van der Waals surface area contributed by atoms with E-state index in [-0.39, 0.29) is 5.41 Å². The summed E-state index contributed by atoms with van der Waals surface area (Å²) < 4.78 is 27.7. The number of sulfonamides is 1. The zero-order valence-electron chi connectivity index (χ0n) is 11.7. The number of hydrogen-bond acceptors (Lipinski definition) is 4. The molecule has 0 atom stereocenters. The fourth-order valence-electron chi connectivity index (χ4n) is 1.73. The van der Waals surface area contributed by atoms with E-state index in [9.17, 15) is 8.42 Å². The molecule has 0 saturated heterocycles. The van der Waals surface area contributed by atoms with Crippen molar-refractivity contribution in [2.24, 2.45) is 11.1 Å². The maximum atomic E-state index is 12.7. The molecule has 1 rings (SSSR count). The van der Waals surface area contributed by atoms with Crippen LogP contribution in [0.5, 0.6) is 0 Å². The second kappa shape index (κ2) is 6.22. The molecule has 0 aliphatic carbocycles. The highest BCUT2D eigenvalue weighted by atomic mass is 79.9. The molecule has 0 saturated carbocycles. The van der Waals surface area contributed by atoms with Gasteiger partial charge in [0, 0.05) is 18.0 Å². The molecule has 0 aliphatic rings. The van der Waals surface area contributed by atoms with Crippen LogP contribution in [0.1, 0.15) is 25.6 Å². The van der Waals surface area contributed by atoms with Gasteiger partial charge >= 0.3 is 0 Å². The molecule has 0 bridgehead atoms. The van der Waals surface area contributed by atoms with Gasteiger partial charge in [0.05, 0.1) is 8.68 Å². The number of halogens is 1. The third-order valence-electron chi connectivity index (χ3n) is 2.97. The van der Waals surface area contributed by atoms with Crippen molar-refractivity contribution < 1.29 is 8.42 Å². The molecule has 0 fully saturated rings. The maximum absolute atomic E-state index is 12.7. The van der Waals surface area contributed by atoms with E-state index in [0.29, 0.717) is 24.5 Å². The predicted molar refractivity (Wildman–Crippen MR) is 84.0 cm³/mol. The summed E-state index contributed by atoms with van der Waals surface area (Å²) in [5.41, 5.74) is 5.47. The fraction of sp³-hybridized carbons (Fsp3) is 0.667. The molecule has 1 aromatic rings. The fourth-order valence-corrected chi connectivity index (χ4v) is 5.76. The van der Waals surface area contributed by atoms with Crippen molar-refractivity contribution in [1.29, 1.82) is 0 Å². The van der Waals surface area contributed by atoms with Gasteiger partial charge in [0.2, 0.25) is 10.0 Å². The Morgan fingerprint density at radius 2 is 2.05 bits per heavy atom. The molecule has 4 nitrogen and oxygen atoms in total. The van der Waals surface area contributed by atoms with Crippen LogP contribution >= 0.6 is 27.3 Å². The minimum absolute atomic E-state index is 0.232. The lowest BCUT2D eigenvalue weighted by Gasteiger charge is -2.30. The highest BCUT2D eigenvalue weighted by molar-refractivity contribution is 9.11. The molecule has 2 N–H and O–H groups in total. The summed E-state index contributed by atoms with van der Waals surface area (Å²) in [6.45, 7) is 8.94. The average molecular weight is 369 g/mol. The van der Waals surface area contributed by atoms with Crippen LogP contribution in [0.4, 0.5) is 0 Å². The lowest BCUT2D eigenvalue weighted by Crippen LogP contribution is -2.41. The molecule has 0 amide bonds. The quantitative estimate of drug-likeness (QED) is 0.839. The topological polar surface area (TPSA) is 63.4 Å². The van der Waals surface area contributed by atoms with E-state index in [2.05, 4.69) is 15.9 Å². The van der Waals surface area contributed by atoms with Crippen molar-refractivity contribution in [2.75, 3.05) is 19.6 Å². The molecule has 0 aliphatic heterocycles. The molecular weight excluding hydrogens is 348 g/mol. The molecule has 1 heterocycles. The van der Waals surface area contributed by atoms with Crippen molar-refractivity contribution in [3.8, 4) is 0 Å². The average Bonchev–Trinajstić information content (AvgIpc) is 2.66. The summed E-state index contributed by atoms with van der Waals surface area (Å²) in [6.07, 6.45) is 0. The maximum Gasteiger partial charge on any atom is 0.244 e. The van der Waals surface area contributed by atoms with Crippen LogP contribution in [0.3, 0.4) is 0 Å². The van der Waals surface area contributed by atoms with Crippen LogP contribution in [0.2, 0.25) is 0 Å². The van der Waals surface area contributed by atoms with Crippen molar-refractivity contribution in [3.05, 3.63) is 14.7 Å². The predicted octanol–water partition coefficient (Wildman–Crippen LogP) is 2.81. The third kappa shape index (κ3) is 4.01.